The Labute approximate surface area is 177 Å². The lowest BCUT2D eigenvalue weighted by atomic mass is 10.1. The quantitative estimate of drug-likeness (QED) is 0.373. The van der Waals surface area contributed by atoms with E-state index in [9.17, 15) is 4.79 Å². The fraction of sp³-hybridized carbons (Fsp3) is 0.0833. The van der Waals surface area contributed by atoms with Gasteiger partial charge in [-0.1, -0.05) is 64.0 Å². The van der Waals surface area contributed by atoms with Crippen molar-refractivity contribution in [2.75, 3.05) is 0 Å². The van der Waals surface area contributed by atoms with Gasteiger partial charge in [0.1, 0.15) is 12.4 Å². The molecule has 0 atom stereocenters. The normalized spacial score (nSPS) is 14.6. The second-order valence-corrected chi connectivity index (χ2v) is 7.61. The van der Waals surface area contributed by atoms with Gasteiger partial charge in [-0.15, -0.1) is 0 Å². The molecule has 3 aromatic rings. The van der Waals surface area contributed by atoms with Crippen LogP contribution in [0.25, 0.3) is 6.08 Å². The lowest BCUT2D eigenvalue weighted by Crippen LogP contribution is -2.05. The highest BCUT2D eigenvalue weighted by molar-refractivity contribution is 9.10. The van der Waals surface area contributed by atoms with Crippen LogP contribution in [0, 0.1) is 6.92 Å². The van der Waals surface area contributed by atoms with Crippen LogP contribution in [0.15, 0.2) is 88.0 Å². The van der Waals surface area contributed by atoms with Crippen LogP contribution in [0.5, 0.6) is 5.75 Å². The van der Waals surface area contributed by atoms with Gasteiger partial charge < -0.3 is 9.47 Å². The molecule has 3 aromatic carbocycles. The van der Waals surface area contributed by atoms with E-state index in [1.54, 1.807) is 6.08 Å². The Balaban J connectivity index is 1.52. The van der Waals surface area contributed by atoms with Gasteiger partial charge in [0.2, 0.25) is 5.90 Å². The fourth-order valence-corrected chi connectivity index (χ4v) is 3.37. The molecule has 0 amide bonds. The molecule has 0 saturated carbocycles. The molecule has 144 valence electrons. The zero-order valence-corrected chi connectivity index (χ0v) is 17.3. The second-order valence-electron chi connectivity index (χ2n) is 6.70. The Morgan fingerprint density at radius 1 is 1.03 bits per heavy atom. The molecule has 0 fully saturated rings. The van der Waals surface area contributed by atoms with Crippen LogP contribution in [-0.4, -0.2) is 11.9 Å². The van der Waals surface area contributed by atoms with E-state index in [0.29, 0.717) is 12.5 Å². The lowest BCUT2D eigenvalue weighted by Gasteiger charge is -2.07. The maximum absolute atomic E-state index is 12.2. The average molecular weight is 448 g/mol. The van der Waals surface area contributed by atoms with Crippen LogP contribution >= 0.6 is 15.9 Å². The van der Waals surface area contributed by atoms with Crippen molar-refractivity contribution in [3.63, 3.8) is 0 Å². The molecule has 0 radical (unpaired) electrons. The van der Waals surface area contributed by atoms with E-state index in [2.05, 4.69) is 40.0 Å². The number of aryl methyl sites for hydroxylation is 1. The van der Waals surface area contributed by atoms with Crippen molar-refractivity contribution in [2.45, 2.75) is 13.5 Å². The highest BCUT2D eigenvalue weighted by Crippen LogP contribution is 2.23. The Morgan fingerprint density at radius 3 is 2.69 bits per heavy atom. The molecular weight excluding hydrogens is 430 g/mol. The summed E-state index contributed by atoms with van der Waals surface area (Å²) in [5.41, 5.74) is 4.12. The summed E-state index contributed by atoms with van der Waals surface area (Å²) in [5.74, 6) is 0.559. The highest BCUT2D eigenvalue weighted by atomic mass is 79.9. The molecule has 0 saturated heterocycles. The summed E-state index contributed by atoms with van der Waals surface area (Å²) in [7, 11) is 0. The van der Waals surface area contributed by atoms with Gasteiger partial charge in [0, 0.05) is 10.0 Å². The van der Waals surface area contributed by atoms with Crippen molar-refractivity contribution < 1.29 is 14.3 Å². The molecule has 0 aromatic heterocycles. The van der Waals surface area contributed by atoms with Gasteiger partial charge in [0.15, 0.2) is 5.70 Å². The zero-order chi connectivity index (χ0) is 20.2. The van der Waals surface area contributed by atoms with Crippen LogP contribution < -0.4 is 4.74 Å². The number of hydrogen-bond acceptors (Lipinski definition) is 4. The molecule has 0 bridgehead atoms. The lowest BCUT2D eigenvalue weighted by molar-refractivity contribution is -0.129. The molecule has 4 rings (SSSR count). The van der Waals surface area contributed by atoms with Crippen LogP contribution in [-0.2, 0) is 16.1 Å². The molecule has 0 N–H and O–H groups in total. The average Bonchev–Trinajstić information content (AvgIpc) is 3.07. The van der Waals surface area contributed by atoms with Gasteiger partial charge in [-0.25, -0.2) is 9.79 Å². The number of aliphatic imine (C=N–C) groups is 1. The Kier molecular flexibility index (Phi) is 5.58. The Bertz CT molecular complexity index is 1130. The van der Waals surface area contributed by atoms with Gasteiger partial charge in [0.25, 0.3) is 0 Å². The summed E-state index contributed by atoms with van der Waals surface area (Å²) in [5, 5.41) is 0. The number of rotatable bonds is 5. The third-order valence-corrected chi connectivity index (χ3v) is 4.83. The smallest absolute Gasteiger partial charge is 0.363 e. The zero-order valence-electron chi connectivity index (χ0n) is 15.8. The first-order chi connectivity index (χ1) is 14.1. The summed E-state index contributed by atoms with van der Waals surface area (Å²) in [6.45, 7) is 2.54. The van der Waals surface area contributed by atoms with Gasteiger partial charge in [-0.3, -0.25) is 0 Å². The van der Waals surface area contributed by atoms with E-state index in [1.807, 2.05) is 60.7 Å². The molecule has 5 heteroatoms. The van der Waals surface area contributed by atoms with Crippen molar-refractivity contribution in [3.05, 3.63) is 105 Å². The summed E-state index contributed by atoms with van der Waals surface area (Å²) in [6.07, 6.45) is 1.70. The number of halogens is 1. The predicted octanol–water partition coefficient (Wildman–Crippen LogP) is 5.68. The van der Waals surface area contributed by atoms with Crippen molar-refractivity contribution >= 4 is 33.9 Å². The first kappa shape index (κ1) is 19.2. The maximum atomic E-state index is 12.2. The summed E-state index contributed by atoms with van der Waals surface area (Å²) in [6, 6.07) is 23.2. The number of benzene rings is 3. The number of carbonyl (C=O) groups is 1. The van der Waals surface area contributed by atoms with Gasteiger partial charge in [0.05, 0.1) is 0 Å². The predicted molar refractivity (Wildman–Crippen MR) is 117 cm³/mol. The van der Waals surface area contributed by atoms with E-state index < -0.39 is 5.97 Å². The van der Waals surface area contributed by atoms with E-state index in [-0.39, 0.29) is 5.70 Å². The Morgan fingerprint density at radius 2 is 1.86 bits per heavy atom. The molecule has 1 aliphatic heterocycles. The summed E-state index contributed by atoms with van der Waals surface area (Å²) >= 11 is 3.41. The standard InChI is InChI=1S/C24H18BrNO3/c1-16-5-2-7-18(11-16)15-28-21-10-3-6-17(12-21)13-22-24(27)29-23(26-22)19-8-4-9-20(25)14-19/h2-14H,15H2,1H3/b22-13-. The molecule has 1 aliphatic rings. The Hall–Kier alpha value is -3.18. The first-order valence-electron chi connectivity index (χ1n) is 9.14. The van der Waals surface area contributed by atoms with Crippen LogP contribution in [0.4, 0.5) is 0 Å². The summed E-state index contributed by atoms with van der Waals surface area (Å²) < 4.78 is 12.1. The van der Waals surface area contributed by atoms with Crippen molar-refractivity contribution in [1.82, 2.24) is 0 Å². The SMILES string of the molecule is Cc1cccc(COc2cccc(/C=C3\N=C(c4cccc(Br)c4)OC3=O)c2)c1. The number of ether oxygens (including phenoxy) is 2. The van der Waals surface area contributed by atoms with Gasteiger partial charge in [-0.05, 0) is 54.5 Å². The minimum Gasteiger partial charge on any atom is -0.489 e. The molecule has 0 aliphatic carbocycles. The van der Waals surface area contributed by atoms with E-state index in [4.69, 9.17) is 9.47 Å². The number of hydrogen-bond donors (Lipinski definition) is 0. The molecule has 0 unspecified atom stereocenters. The van der Waals surface area contributed by atoms with Crippen molar-refractivity contribution in [3.8, 4) is 5.75 Å². The minimum absolute atomic E-state index is 0.260. The van der Waals surface area contributed by atoms with Crippen LogP contribution in [0.1, 0.15) is 22.3 Å². The van der Waals surface area contributed by atoms with Crippen LogP contribution in [0.2, 0.25) is 0 Å². The largest absolute Gasteiger partial charge is 0.489 e. The molecule has 0 spiro atoms. The third kappa shape index (κ3) is 4.81. The van der Waals surface area contributed by atoms with Gasteiger partial charge >= 0.3 is 5.97 Å². The van der Waals surface area contributed by atoms with Crippen LogP contribution in [0.3, 0.4) is 0 Å². The number of esters is 1. The molecular formula is C24H18BrNO3. The number of nitrogens with zero attached hydrogens (tertiary/aromatic N) is 1. The van der Waals surface area contributed by atoms with E-state index in [1.165, 1.54) is 5.56 Å². The van der Waals surface area contributed by atoms with Crippen molar-refractivity contribution in [2.24, 2.45) is 4.99 Å². The van der Waals surface area contributed by atoms with E-state index in [0.717, 1.165) is 26.9 Å². The number of cyclic esters (lactones) is 1. The number of carbonyl (C=O) groups excluding carboxylic acids is 1. The molecule has 1 heterocycles. The third-order valence-electron chi connectivity index (χ3n) is 4.34. The topological polar surface area (TPSA) is 47.9 Å². The van der Waals surface area contributed by atoms with E-state index >= 15 is 0 Å². The molecule has 29 heavy (non-hydrogen) atoms. The summed E-state index contributed by atoms with van der Waals surface area (Å²) in [4.78, 5) is 16.6. The monoisotopic (exact) mass is 447 g/mol. The second kappa shape index (κ2) is 8.45. The first-order valence-corrected chi connectivity index (χ1v) is 9.93. The maximum Gasteiger partial charge on any atom is 0.363 e. The van der Waals surface area contributed by atoms with Crippen molar-refractivity contribution in [1.29, 1.82) is 0 Å². The fourth-order valence-electron chi connectivity index (χ4n) is 2.97. The van der Waals surface area contributed by atoms with Gasteiger partial charge in [-0.2, -0.15) is 0 Å². The minimum atomic E-state index is -0.467. The highest BCUT2D eigenvalue weighted by Gasteiger charge is 2.24. The molecule has 4 nitrogen and oxygen atoms in total.